The minimum absolute atomic E-state index is 0.000952. The highest BCUT2D eigenvalue weighted by molar-refractivity contribution is 5.29. The molecule has 2 atom stereocenters. The first-order chi connectivity index (χ1) is 16.6. The van der Waals surface area contributed by atoms with Crippen molar-refractivity contribution in [2.75, 3.05) is 13.1 Å². The van der Waals surface area contributed by atoms with E-state index in [9.17, 15) is 9.59 Å². The Balaban J connectivity index is 1.14. The Hall–Kier alpha value is -2.18. The number of aromatic amines is 2. The van der Waals surface area contributed by atoms with Gasteiger partial charge in [-0.2, -0.15) is 0 Å². The zero-order valence-electron chi connectivity index (χ0n) is 22.1. The molecule has 0 spiro atoms. The predicted octanol–water partition coefficient (Wildman–Crippen LogP) is 4.92. The molecule has 0 fully saturated rings. The molecule has 2 aromatic heterocycles. The molecule has 0 saturated carbocycles. The van der Waals surface area contributed by atoms with E-state index in [1.54, 1.807) is 12.1 Å². The third-order valence-corrected chi connectivity index (χ3v) is 7.78. The summed E-state index contributed by atoms with van der Waals surface area (Å²) < 4.78 is 0. The molecule has 0 saturated heterocycles. The van der Waals surface area contributed by atoms with Gasteiger partial charge in [0.15, 0.2) is 0 Å². The van der Waals surface area contributed by atoms with Crippen LogP contribution in [0.3, 0.4) is 0 Å². The van der Waals surface area contributed by atoms with Gasteiger partial charge >= 0.3 is 0 Å². The number of fused-ring (bicyclic) bond motifs is 2. The molecule has 2 heterocycles. The van der Waals surface area contributed by atoms with E-state index < -0.39 is 0 Å². The smallest absolute Gasteiger partial charge is 0.248 e. The van der Waals surface area contributed by atoms with Crippen LogP contribution in [0.5, 0.6) is 0 Å². The van der Waals surface area contributed by atoms with Crippen molar-refractivity contribution in [3.05, 3.63) is 67.5 Å². The lowest BCUT2D eigenvalue weighted by molar-refractivity contribution is 0.252. The van der Waals surface area contributed by atoms with E-state index >= 15 is 0 Å². The van der Waals surface area contributed by atoms with Crippen LogP contribution in [-0.2, 0) is 12.8 Å². The Morgan fingerprint density at radius 2 is 1.09 bits per heavy atom. The number of pyridine rings is 2. The van der Waals surface area contributed by atoms with Gasteiger partial charge in [0.05, 0.1) is 0 Å². The zero-order valence-corrected chi connectivity index (χ0v) is 22.1. The van der Waals surface area contributed by atoms with E-state index in [4.69, 9.17) is 0 Å². The molecule has 6 nitrogen and oxygen atoms in total. The van der Waals surface area contributed by atoms with Gasteiger partial charge in [0, 0.05) is 35.6 Å². The maximum atomic E-state index is 11.8. The number of hydrogen-bond acceptors (Lipinski definition) is 4. The van der Waals surface area contributed by atoms with Gasteiger partial charge in [-0.3, -0.25) is 9.59 Å². The van der Waals surface area contributed by atoms with Gasteiger partial charge in [0.2, 0.25) is 11.1 Å². The highest BCUT2D eigenvalue weighted by Gasteiger charge is 2.33. The van der Waals surface area contributed by atoms with Crippen molar-refractivity contribution in [1.29, 1.82) is 0 Å². The second-order valence-electron chi connectivity index (χ2n) is 12.4. The average molecular weight is 481 g/mol. The minimum Gasteiger partial charge on any atom is -0.326 e. The molecule has 0 radical (unpaired) electrons. The van der Waals surface area contributed by atoms with Crippen LogP contribution in [0.25, 0.3) is 0 Å². The van der Waals surface area contributed by atoms with Crippen molar-refractivity contribution < 1.29 is 0 Å². The maximum absolute atomic E-state index is 11.8. The van der Waals surface area contributed by atoms with Crippen molar-refractivity contribution in [2.45, 2.75) is 97.6 Å². The van der Waals surface area contributed by atoms with E-state index in [2.05, 4.69) is 48.3 Å². The summed E-state index contributed by atoms with van der Waals surface area (Å²) in [6.07, 6.45) is 10.2. The van der Waals surface area contributed by atoms with Crippen LogP contribution in [-0.4, -0.2) is 23.1 Å². The summed E-state index contributed by atoms with van der Waals surface area (Å²) in [5.41, 5.74) is 5.15. The quantitative estimate of drug-likeness (QED) is 0.363. The Kier molecular flexibility index (Phi) is 8.02. The highest BCUT2D eigenvalue weighted by Crippen LogP contribution is 2.40. The Morgan fingerprint density at radius 3 is 1.51 bits per heavy atom. The summed E-state index contributed by atoms with van der Waals surface area (Å²) in [7, 11) is 0. The molecular formula is C29H44N4O2. The molecule has 4 rings (SSSR count). The number of rotatable bonds is 10. The third kappa shape index (κ3) is 6.95. The number of unbranched alkanes of at least 4 members (excludes halogenated alkanes) is 4. The molecule has 2 aromatic rings. The number of hydrogen-bond donors (Lipinski definition) is 4. The van der Waals surface area contributed by atoms with Crippen molar-refractivity contribution in [3.8, 4) is 0 Å². The highest BCUT2D eigenvalue weighted by atomic mass is 16.1. The van der Waals surface area contributed by atoms with Crippen LogP contribution < -0.4 is 21.8 Å². The molecular weight excluding hydrogens is 436 g/mol. The van der Waals surface area contributed by atoms with Gasteiger partial charge in [0.1, 0.15) is 0 Å². The summed E-state index contributed by atoms with van der Waals surface area (Å²) in [5.74, 6) is 0. The number of aromatic nitrogens is 2. The van der Waals surface area contributed by atoms with Crippen molar-refractivity contribution >= 4 is 0 Å². The van der Waals surface area contributed by atoms with E-state index in [1.165, 1.54) is 43.2 Å². The van der Waals surface area contributed by atoms with Gasteiger partial charge in [-0.25, -0.2) is 0 Å². The van der Waals surface area contributed by atoms with E-state index in [-0.39, 0.29) is 21.9 Å². The first-order valence-corrected chi connectivity index (χ1v) is 13.5. The van der Waals surface area contributed by atoms with Gasteiger partial charge in [0.25, 0.3) is 0 Å². The van der Waals surface area contributed by atoms with E-state index in [1.807, 2.05) is 12.1 Å². The monoisotopic (exact) mass is 480 g/mol. The summed E-state index contributed by atoms with van der Waals surface area (Å²) in [4.78, 5) is 29.6. The van der Waals surface area contributed by atoms with Gasteiger partial charge < -0.3 is 20.6 Å². The Bertz CT molecular complexity index is 1030. The van der Waals surface area contributed by atoms with Gasteiger partial charge in [-0.05, 0) is 73.6 Å². The van der Waals surface area contributed by atoms with E-state index in [0.29, 0.717) is 12.1 Å². The fraction of sp³-hybridized carbons (Fsp3) is 0.655. The topological polar surface area (TPSA) is 89.8 Å². The normalized spacial score (nSPS) is 22.4. The van der Waals surface area contributed by atoms with E-state index in [0.717, 1.165) is 50.2 Å². The molecule has 4 N–H and O–H groups in total. The molecule has 2 aliphatic carbocycles. The number of H-pyrrole nitrogens is 2. The molecule has 0 aliphatic heterocycles. The van der Waals surface area contributed by atoms with Gasteiger partial charge in [-0.15, -0.1) is 0 Å². The predicted molar refractivity (Wildman–Crippen MR) is 143 cm³/mol. The van der Waals surface area contributed by atoms with Crippen LogP contribution in [0, 0.1) is 10.8 Å². The van der Waals surface area contributed by atoms with Crippen molar-refractivity contribution in [1.82, 2.24) is 20.6 Å². The molecule has 0 unspecified atom stereocenters. The first kappa shape index (κ1) is 25.9. The second kappa shape index (κ2) is 10.8. The molecule has 0 aromatic carbocycles. The second-order valence-corrected chi connectivity index (χ2v) is 12.4. The molecule has 2 aliphatic rings. The summed E-state index contributed by atoms with van der Waals surface area (Å²) in [5, 5.41) is 7.52. The summed E-state index contributed by atoms with van der Waals surface area (Å²) in [6, 6.07) is 7.99. The largest absolute Gasteiger partial charge is 0.326 e. The minimum atomic E-state index is 0.000952. The average Bonchev–Trinajstić information content (AvgIpc) is 2.75. The molecule has 6 heteroatoms. The van der Waals surface area contributed by atoms with Crippen LogP contribution in [0.4, 0.5) is 0 Å². The lowest BCUT2D eigenvalue weighted by atomic mass is 9.74. The molecule has 0 amide bonds. The molecule has 35 heavy (non-hydrogen) atoms. The maximum Gasteiger partial charge on any atom is 0.248 e. The van der Waals surface area contributed by atoms with Gasteiger partial charge in [-0.1, -0.05) is 59.1 Å². The lowest BCUT2D eigenvalue weighted by Crippen LogP contribution is -2.35. The van der Waals surface area contributed by atoms with Crippen LogP contribution in [0.15, 0.2) is 33.9 Å². The molecule has 192 valence electrons. The van der Waals surface area contributed by atoms with Crippen molar-refractivity contribution in [3.63, 3.8) is 0 Å². The Labute approximate surface area is 209 Å². The van der Waals surface area contributed by atoms with Crippen molar-refractivity contribution in [2.24, 2.45) is 10.8 Å². The Morgan fingerprint density at radius 1 is 0.686 bits per heavy atom. The fourth-order valence-corrected chi connectivity index (χ4v) is 6.13. The third-order valence-electron chi connectivity index (χ3n) is 7.78. The van der Waals surface area contributed by atoms with Crippen LogP contribution in [0.1, 0.15) is 107 Å². The van der Waals surface area contributed by atoms with Crippen LogP contribution >= 0.6 is 0 Å². The summed E-state index contributed by atoms with van der Waals surface area (Å²) >= 11 is 0. The molecule has 0 bridgehead atoms. The first-order valence-electron chi connectivity index (χ1n) is 13.5. The lowest BCUT2D eigenvalue weighted by Gasteiger charge is -2.37. The van der Waals surface area contributed by atoms with Crippen LogP contribution in [0.2, 0.25) is 0 Å². The zero-order chi connectivity index (χ0) is 25.1. The fourth-order valence-electron chi connectivity index (χ4n) is 6.13. The number of nitrogens with one attached hydrogen (secondary N) is 4. The summed E-state index contributed by atoms with van der Waals surface area (Å²) in [6.45, 7) is 11.2. The standard InChI is InChI=1S/C29H44N4O2/c1-28(2)16-22(20-10-12-26(34)32-24(20)18-28)30-14-8-6-5-7-9-15-31-23-17-29(3,4)19-25-21(23)11-13-27(35)33-25/h10-13,22-23,30-31H,5-9,14-19H2,1-4H3,(H,32,34)(H,33,35)/t22-,23+. The SMILES string of the molecule is CC1(C)Cc2[nH]c(=O)ccc2[C@@H](NCCCCCCCN[C@@H]2CC(C)(C)Cc3[nH]c(=O)ccc32)C1.